The predicted octanol–water partition coefficient (Wildman–Crippen LogP) is 9.86. The molecule has 3 N–H and O–H groups in total. The highest BCUT2D eigenvalue weighted by Gasteiger charge is 2.46. The maximum atomic E-state index is 12.7. The smallest absolute Gasteiger partial charge is 0.307 e. The number of anilines is 1. The first-order valence-corrected chi connectivity index (χ1v) is 24.0. The van der Waals surface area contributed by atoms with Gasteiger partial charge in [0, 0.05) is 52.5 Å². The number of carboxylic acid groups (broad SMARTS) is 1. The molecular formula is C47H52ClN2O8S2+. The standard InChI is InChI=1S/C47H51ClN2O8S2/c1-46(2)40(49(25-9-11-27-59(53,54)55)38-21-17-31-13-5-7-15-36(31)42(38)46)23-19-33-29-35(45(51)52)30-34(44(33)48)20-24-41-47(3,4)43-37-16-8-6-14-32(37)18-22-39(43)50(41)26-10-12-28-60(56,57)58/h5-8,13-24,35H,9-12,25-30H2,1-4H3,(H2-,51,52,53,54,55,56,57,58)/p+1. The van der Waals surface area contributed by atoms with E-state index in [-0.39, 0.29) is 37.2 Å². The zero-order valence-corrected chi connectivity index (χ0v) is 36.7. The van der Waals surface area contributed by atoms with Crippen LogP contribution in [0.4, 0.5) is 11.4 Å². The molecule has 4 aromatic rings. The van der Waals surface area contributed by atoms with Crippen LogP contribution >= 0.6 is 11.6 Å². The summed E-state index contributed by atoms with van der Waals surface area (Å²) in [6.45, 7) is 9.64. The van der Waals surface area contributed by atoms with E-state index in [0.717, 1.165) is 55.5 Å². The largest absolute Gasteiger partial charge is 0.481 e. The number of halogens is 1. The first kappa shape index (κ1) is 43.5. The second kappa shape index (κ2) is 16.7. The minimum absolute atomic E-state index is 0.235. The van der Waals surface area contributed by atoms with Gasteiger partial charge in [0.1, 0.15) is 6.54 Å². The summed E-state index contributed by atoms with van der Waals surface area (Å²) in [5, 5.41) is 15.3. The Hall–Kier alpha value is -4.59. The van der Waals surface area contributed by atoms with Gasteiger partial charge in [-0.15, -0.1) is 0 Å². The molecule has 0 fully saturated rings. The number of carboxylic acids is 1. The molecule has 0 bridgehead atoms. The van der Waals surface area contributed by atoms with Gasteiger partial charge in [-0.3, -0.25) is 13.9 Å². The van der Waals surface area contributed by atoms with Gasteiger partial charge in [0.05, 0.1) is 22.8 Å². The van der Waals surface area contributed by atoms with Crippen molar-refractivity contribution in [3.63, 3.8) is 0 Å². The van der Waals surface area contributed by atoms with Gasteiger partial charge in [0.15, 0.2) is 5.71 Å². The Kier molecular flexibility index (Phi) is 12.1. The van der Waals surface area contributed by atoms with Crippen LogP contribution in [0.2, 0.25) is 0 Å². The van der Waals surface area contributed by atoms with Gasteiger partial charge >= 0.3 is 5.97 Å². The third-order valence-corrected chi connectivity index (χ3v) is 14.4. The van der Waals surface area contributed by atoms with Crippen LogP contribution in [0.3, 0.4) is 0 Å². The van der Waals surface area contributed by atoms with Crippen molar-refractivity contribution < 1.29 is 40.4 Å². The molecule has 60 heavy (non-hydrogen) atoms. The Balaban J connectivity index is 1.29. The van der Waals surface area contributed by atoms with E-state index in [1.54, 1.807) is 0 Å². The van der Waals surface area contributed by atoms with E-state index in [0.29, 0.717) is 42.1 Å². The van der Waals surface area contributed by atoms with Crippen molar-refractivity contribution in [3.8, 4) is 0 Å². The molecule has 0 saturated heterocycles. The van der Waals surface area contributed by atoms with Gasteiger partial charge < -0.3 is 10.0 Å². The summed E-state index contributed by atoms with van der Waals surface area (Å²) in [6, 6.07) is 24.8. The molecule has 1 aliphatic carbocycles. The fraction of sp³-hybridized carbons (Fsp3) is 0.362. The molecule has 1 atom stereocenters. The fourth-order valence-corrected chi connectivity index (χ4v) is 10.9. The zero-order chi connectivity index (χ0) is 43.2. The molecule has 316 valence electrons. The maximum Gasteiger partial charge on any atom is 0.307 e. The van der Waals surface area contributed by atoms with Crippen molar-refractivity contribution in [2.24, 2.45) is 5.92 Å². The summed E-state index contributed by atoms with van der Waals surface area (Å²) in [5.41, 5.74) is 6.66. The van der Waals surface area contributed by atoms with Crippen molar-refractivity contribution in [3.05, 3.63) is 130 Å². The van der Waals surface area contributed by atoms with E-state index in [2.05, 4.69) is 85.7 Å². The van der Waals surface area contributed by atoms with E-state index < -0.39 is 43.0 Å². The molecule has 0 aromatic heterocycles. The second-order valence-corrected chi connectivity index (χ2v) is 20.7. The topological polar surface area (TPSA) is 152 Å². The minimum atomic E-state index is -4.10. The molecule has 0 radical (unpaired) electrons. The van der Waals surface area contributed by atoms with Crippen molar-refractivity contribution in [2.45, 2.75) is 77.0 Å². The average molecular weight is 873 g/mol. The van der Waals surface area contributed by atoms with Crippen LogP contribution < -0.4 is 4.90 Å². The van der Waals surface area contributed by atoms with E-state index >= 15 is 0 Å². The number of aliphatic carboxylic acids is 1. The van der Waals surface area contributed by atoms with Crippen LogP contribution in [-0.2, 0) is 35.9 Å². The number of hydrogen-bond acceptors (Lipinski definition) is 6. The van der Waals surface area contributed by atoms with Gasteiger partial charge in [0.25, 0.3) is 20.2 Å². The van der Waals surface area contributed by atoms with E-state index in [1.807, 2.05) is 48.6 Å². The van der Waals surface area contributed by atoms with Crippen LogP contribution in [0.25, 0.3) is 21.5 Å². The molecule has 2 aliphatic heterocycles. The highest BCUT2D eigenvalue weighted by Crippen LogP contribution is 2.51. The Bertz CT molecular complexity index is 2780. The molecule has 4 aromatic carbocycles. The Morgan fingerprint density at radius 2 is 1.37 bits per heavy atom. The number of nitrogens with zero attached hydrogens (tertiary/aromatic N) is 2. The van der Waals surface area contributed by atoms with Crippen molar-refractivity contribution in [1.82, 2.24) is 0 Å². The monoisotopic (exact) mass is 871 g/mol. The van der Waals surface area contributed by atoms with Gasteiger partial charge in [-0.05, 0) is 102 Å². The first-order chi connectivity index (χ1) is 28.3. The Morgan fingerprint density at radius 1 is 0.767 bits per heavy atom. The normalized spacial score (nSPS) is 20.3. The van der Waals surface area contributed by atoms with Crippen LogP contribution in [0.5, 0.6) is 0 Å². The van der Waals surface area contributed by atoms with E-state index in [9.17, 15) is 35.8 Å². The molecule has 13 heteroatoms. The lowest BCUT2D eigenvalue weighted by molar-refractivity contribution is -0.438. The van der Waals surface area contributed by atoms with Crippen LogP contribution in [0.15, 0.2) is 119 Å². The Morgan fingerprint density at radius 3 is 2.00 bits per heavy atom. The average Bonchev–Trinajstić information content (AvgIpc) is 3.54. The SMILES string of the molecule is CC1(C)C(=CC=C2CC(C(=O)O)CC(C=CC3=[N+](CCCCS(=O)(=O)O)c4ccc5ccccc5c4C3(C)C)=C2Cl)N(CCCCS(=O)(=O)O)c2ccc3ccccc3c21. The van der Waals surface area contributed by atoms with E-state index in [4.69, 9.17) is 11.6 Å². The van der Waals surface area contributed by atoms with Gasteiger partial charge in [-0.25, -0.2) is 0 Å². The van der Waals surface area contributed by atoms with Crippen LogP contribution in [0, 0.1) is 5.92 Å². The molecule has 3 aliphatic rings. The molecule has 7 rings (SSSR count). The highest BCUT2D eigenvalue weighted by atomic mass is 35.5. The van der Waals surface area contributed by atoms with Gasteiger partial charge in [-0.2, -0.15) is 21.4 Å². The number of fused-ring (bicyclic) bond motifs is 6. The third kappa shape index (κ3) is 8.76. The summed E-state index contributed by atoms with van der Waals surface area (Å²) >= 11 is 7.27. The molecule has 0 saturated carbocycles. The summed E-state index contributed by atoms with van der Waals surface area (Å²) in [4.78, 5) is 14.9. The first-order valence-electron chi connectivity index (χ1n) is 20.4. The van der Waals surface area contributed by atoms with Crippen molar-refractivity contribution >= 4 is 76.4 Å². The molecule has 1 unspecified atom stereocenters. The number of unbranched alkanes of at least 4 members (excludes halogenated alkanes) is 2. The summed E-state index contributed by atoms with van der Waals surface area (Å²) in [6.07, 6.45) is 9.97. The number of hydrogen-bond donors (Lipinski definition) is 3. The summed E-state index contributed by atoms with van der Waals surface area (Å²) in [5.74, 6) is -2.28. The van der Waals surface area contributed by atoms with Crippen LogP contribution in [0.1, 0.15) is 77.3 Å². The summed E-state index contributed by atoms with van der Waals surface area (Å²) in [7, 11) is -8.19. The van der Waals surface area contributed by atoms with Crippen molar-refractivity contribution in [2.75, 3.05) is 29.5 Å². The van der Waals surface area contributed by atoms with Gasteiger partial charge in [-0.1, -0.05) is 92.2 Å². The number of benzene rings is 4. The minimum Gasteiger partial charge on any atom is -0.481 e. The lowest BCUT2D eigenvalue weighted by Gasteiger charge is -2.28. The Labute approximate surface area is 357 Å². The number of rotatable bonds is 14. The molecule has 0 amide bonds. The number of allylic oxidation sites excluding steroid dienone is 8. The zero-order valence-electron chi connectivity index (χ0n) is 34.4. The molecule has 10 nitrogen and oxygen atoms in total. The van der Waals surface area contributed by atoms with Crippen molar-refractivity contribution in [1.29, 1.82) is 0 Å². The predicted molar refractivity (Wildman–Crippen MR) is 241 cm³/mol. The third-order valence-electron chi connectivity index (χ3n) is 12.3. The summed E-state index contributed by atoms with van der Waals surface area (Å²) < 4.78 is 67.1. The quantitative estimate of drug-likeness (QED) is 0.0639. The lowest BCUT2D eigenvalue weighted by atomic mass is 9.78. The number of carbonyl (C=O) groups is 1. The molecule has 2 heterocycles. The molecule has 0 spiro atoms. The fourth-order valence-electron chi connectivity index (χ4n) is 9.47. The van der Waals surface area contributed by atoms with Gasteiger partial charge in [0.2, 0.25) is 5.69 Å². The lowest BCUT2D eigenvalue weighted by Crippen LogP contribution is -2.28. The van der Waals surface area contributed by atoms with E-state index in [1.165, 1.54) is 0 Å². The highest BCUT2D eigenvalue weighted by molar-refractivity contribution is 7.86. The van der Waals surface area contributed by atoms with Crippen LogP contribution in [-0.4, -0.2) is 71.9 Å². The second-order valence-electron chi connectivity index (χ2n) is 17.1. The maximum absolute atomic E-state index is 12.7. The molecular weight excluding hydrogens is 820 g/mol.